The molecule has 2 aliphatic rings. The first-order valence-electron chi connectivity index (χ1n) is 19.1. The lowest BCUT2D eigenvalue weighted by atomic mass is 9.84. The number of esters is 2. The van der Waals surface area contributed by atoms with E-state index in [1.165, 1.54) is 0 Å². The van der Waals surface area contributed by atoms with E-state index in [0.717, 1.165) is 104 Å². The van der Waals surface area contributed by atoms with Crippen molar-refractivity contribution in [1.82, 2.24) is 0 Å². The Bertz CT molecular complexity index is 1550. The zero-order valence-electron chi connectivity index (χ0n) is 31.7. The highest BCUT2D eigenvalue weighted by Gasteiger charge is 2.37. The van der Waals surface area contributed by atoms with Gasteiger partial charge >= 0.3 is 11.9 Å². The predicted octanol–water partition coefficient (Wildman–Crippen LogP) is 8.42. The molecule has 3 aromatic carbocycles. The molecule has 10 heteroatoms. The van der Waals surface area contributed by atoms with Gasteiger partial charge in [-0.25, -0.2) is 9.59 Å². The summed E-state index contributed by atoms with van der Waals surface area (Å²) >= 11 is 0. The average molecular weight is 733 g/mol. The summed E-state index contributed by atoms with van der Waals surface area (Å²) in [6, 6.07) is 18.7. The number of rotatable bonds is 24. The fraction of sp³-hybridized carbons (Fsp3) is 0.535. The summed E-state index contributed by atoms with van der Waals surface area (Å²) in [7, 11) is 0. The molecule has 3 aromatic rings. The van der Waals surface area contributed by atoms with Crippen molar-refractivity contribution in [3.63, 3.8) is 0 Å². The van der Waals surface area contributed by atoms with Gasteiger partial charge in [0.05, 0.1) is 64.0 Å². The highest BCUT2D eigenvalue weighted by atomic mass is 16.5. The lowest BCUT2D eigenvalue weighted by Crippen LogP contribution is -2.45. The van der Waals surface area contributed by atoms with Crippen LogP contribution in [0.2, 0.25) is 0 Å². The van der Waals surface area contributed by atoms with E-state index >= 15 is 0 Å². The largest absolute Gasteiger partial charge is 0.494 e. The molecule has 0 aromatic heterocycles. The second-order valence-corrected chi connectivity index (χ2v) is 14.4. The fourth-order valence-corrected chi connectivity index (χ4v) is 5.98. The van der Waals surface area contributed by atoms with E-state index in [2.05, 4.69) is 13.8 Å². The van der Waals surface area contributed by atoms with Crippen molar-refractivity contribution in [2.75, 3.05) is 66.1 Å². The van der Waals surface area contributed by atoms with Gasteiger partial charge in [0.1, 0.15) is 23.0 Å². The van der Waals surface area contributed by atoms with Gasteiger partial charge in [0.2, 0.25) is 0 Å². The summed E-state index contributed by atoms with van der Waals surface area (Å²) in [4.78, 5) is 25.6. The van der Waals surface area contributed by atoms with Crippen molar-refractivity contribution >= 4 is 11.9 Å². The van der Waals surface area contributed by atoms with Gasteiger partial charge in [0.25, 0.3) is 0 Å². The van der Waals surface area contributed by atoms with E-state index in [1.54, 1.807) is 73.7 Å². The van der Waals surface area contributed by atoms with Crippen LogP contribution < -0.4 is 18.9 Å². The second kappa shape index (κ2) is 20.5. The van der Waals surface area contributed by atoms with Crippen LogP contribution in [0.3, 0.4) is 0 Å². The SMILES string of the molecule is CCC1(COCCCCCOc2ccc(C(=O)Oc3ccc(OC(=O)c4ccc(OCCCCCOCC5(CC)COC5)cc4)c(C)c3)cc2)COC1. The van der Waals surface area contributed by atoms with E-state index in [4.69, 9.17) is 37.9 Å². The number of carbonyl (C=O) groups is 2. The van der Waals surface area contributed by atoms with Crippen LogP contribution in [-0.4, -0.2) is 78.0 Å². The standard InChI is InChI=1S/C43H56O10/c1-4-42(29-48-30-42)27-46-22-8-6-10-24-50-36-16-12-34(13-17-36)40(44)52-38-20-21-39(33(3)26-38)53-41(45)35-14-18-37(19-15-35)51-25-11-7-9-23-47-28-43(5-2)31-49-32-43/h12-21,26H,4-11,22-25,27-32H2,1-3H3. The zero-order valence-corrected chi connectivity index (χ0v) is 31.7. The molecule has 0 radical (unpaired) electrons. The molecular weight excluding hydrogens is 676 g/mol. The van der Waals surface area contributed by atoms with Gasteiger partial charge in [-0.15, -0.1) is 0 Å². The molecule has 0 saturated carbocycles. The van der Waals surface area contributed by atoms with Crippen LogP contribution in [0, 0.1) is 17.8 Å². The number of ether oxygens (including phenoxy) is 8. The van der Waals surface area contributed by atoms with Crippen LogP contribution in [0.1, 0.15) is 91.5 Å². The third kappa shape index (κ3) is 12.3. The smallest absolute Gasteiger partial charge is 0.343 e. The van der Waals surface area contributed by atoms with E-state index < -0.39 is 11.9 Å². The average Bonchev–Trinajstić information content (AvgIpc) is 3.14. The topological polar surface area (TPSA) is 108 Å². The van der Waals surface area contributed by atoms with Crippen LogP contribution in [0.25, 0.3) is 0 Å². The number of aryl methyl sites for hydroxylation is 1. The van der Waals surface area contributed by atoms with Crippen molar-refractivity contribution in [3.8, 4) is 23.0 Å². The van der Waals surface area contributed by atoms with Gasteiger partial charge in [-0.1, -0.05) is 13.8 Å². The monoisotopic (exact) mass is 732 g/mol. The van der Waals surface area contributed by atoms with Gasteiger partial charge in [0, 0.05) is 24.0 Å². The molecule has 2 heterocycles. The minimum Gasteiger partial charge on any atom is -0.494 e. The summed E-state index contributed by atoms with van der Waals surface area (Å²) in [6.07, 6.45) is 8.07. The second-order valence-electron chi connectivity index (χ2n) is 14.4. The molecule has 0 unspecified atom stereocenters. The first-order chi connectivity index (χ1) is 25.8. The van der Waals surface area contributed by atoms with Crippen molar-refractivity contribution in [2.24, 2.45) is 10.8 Å². The van der Waals surface area contributed by atoms with Gasteiger partial charge in [-0.05, 0) is 131 Å². The van der Waals surface area contributed by atoms with Crippen molar-refractivity contribution < 1.29 is 47.5 Å². The molecule has 0 spiro atoms. The van der Waals surface area contributed by atoms with Gasteiger partial charge in [0.15, 0.2) is 0 Å². The Balaban J connectivity index is 0.943. The maximum Gasteiger partial charge on any atom is 0.343 e. The van der Waals surface area contributed by atoms with Gasteiger partial charge in [-0.2, -0.15) is 0 Å². The fourth-order valence-electron chi connectivity index (χ4n) is 5.98. The van der Waals surface area contributed by atoms with Crippen molar-refractivity contribution in [2.45, 2.75) is 72.1 Å². The summed E-state index contributed by atoms with van der Waals surface area (Å²) in [6.45, 7) is 13.7. The Hall–Kier alpha value is -3.96. The van der Waals surface area contributed by atoms with Gasteiger partial charge < -0.3 is 37.9 Å². The molecule has 2 fully saturated rings. The Morgan fingerprint density at radius 1 is 0.566 bits per heavy atom. The summed E-state index contributed by atoms with van der Waals surface area (Å²) < 4.78 is 45.3. The molecule has 288 valence electrons. The molecule has 2 aliphatic heterocycles. The molecule has 10 nitrogen and oxygen atoms in total. The molecule has 0 bridgehead atoms. The highest BCUT2D eigenvalue weighted by molar-refractivity contribution is 5.92. The van der Waals surface area contributed by atoms with Crippen LogP contribution >= 0.6 is 0 Å². The molecule has 0 amide bonds. The lowest BCUT2D eigenvalue weighted by Gasteiger charge is -2.40. The van der Waals surface area contributed by atoms with Crippen LogP contribution in [0.5, 0.6) is 23.0 Å². The number of unbranched alkanes of at least 4 members (excludes halogenated alkanes) is 4. The Morgan fingerprint density at radius 2 is 1.00 bits per heavy atom. The van der Waals surface area contributed by atoms with Crippen molar-refractivity contribution in [3.05, 3.63) is 83.4 Å². The molecule has 5 rings (SSSR count). The number of carbonyl (C=O) groups excluding carboxylic acids is 2. The normalized spacial score (nSPS) is 15.5. The minimum absolute atomic E-state index is 0.231. The Kier molecular flexibility index (Phi) is 15.5. The number of hydrogen-bond donors (Lipinski definition) is 0. The van der Waals surface area contributed by atoms with Crippen LogP contribution in [-0.2, 0) is 18.9 Å². The van der Waals surface area contributed by atoms with E-state index in [1.807, 2.05) is 0 Å². The maximum atomic E-state index is 12.8. The molecule has 0 atom stereocenters. The first-order valence-corrected chi connectivity index (χ1v) is 19.1. The maximum absolute atomic E-state index is 12.8. The van der Waals surface area contributed by atoms with E-state index in [0.29, 0.717) is 52.9 Å². The predicted molar refractivity (Wildman–Crippen MR) is 201 cm³/mol. The molecule has 2 saturated heterocycles. The zero-order chi connectivity index (χ0) is 37.4. The summed E-state index contributed by atoms with van der Waals surface area (Å²) in [5.74, 6) is 1.15. The number of hydrogen-bond acceptors (Lipinski definition) is 10. The molecular formula is C43H56O10. The minimum atomic E-state index is -0.490. The lowest BCUT2D eigenvalue weighted by molar-refractivity contribution is -0.150. The Morgan fingerprint density at radius 3 is 1.42 bits per heavy atom. The van der Waals surface area contributed by atoms with Crippen molar-refractivity contribution in [1.29, 1.82) is 0 Å². The molecule has 53 heavy (non-hydrogen) atoms. The third-order valence-electron chi connectivity index (χ3n) is 10.1. The molecule has 0 N–H and O–H groups in total. The molecule has 0 aliphatic carbocycles. The highest BCUT2D eigenvalue weighted by Crippen LogP contribution is 2.32. The summed E-state index contributed by atoms with van der Waals surface area (Å²) in [5.41, 5.74) is 1.93. The summed E-state index contributed by atoms with van der Waals surface area (Å²) in [5, 5.41) is 0. The third-order valence-corrected chi connectivity index (χ3v) is 10.1. The van der Waals surface area contributed by atoms with Crippen LogP contribution in [0.4, 0.5) is 0 Å². The Labute approximate surface area is 314 Å². The van der Waals surface area contributed by atoms with E-state index in [9.17, 15) is 9.59 Å². The van der Waals surface area contributed by atoms with E-state index in [-0.39, 0.29) is 10.8 Å². The number of benzene rings is 3. The quantitative estimate of drug-likeness (QED) is 0.0506. The van der Waals surface area contributed by atoms with Crippen LogP contribution in [0.15, 0.2) is 66.7 Å². The first kappa shape index (κ1) is 40.2. The van der Waals surface area contributed by atoms with Gasteiger partial charge in [-0.3, -0.25) is 0 Å².